The van der Waals surface area contributed by atoms with Crippen LogP contribution in [-0.2, 0) is 4.79 Å². The van der Waals surface area contributed by atoms with Gasteiger partial charge in [0.15, 0.2) is 0 Å². The van der Waals surface area contributed by atoms with Crippen molar-refractivity contribution in [3.05, 3.63) is 0 Å². The molecule has 3 atom stereocenters. The molecular formula is C7H11NO2. The molecule has 0 unspecified atom stereocenters. The van der Waals surface area contributed by atoms with Gasteiger partial charge < -0.3 is 10.8 Å². The lowest BCUT2D eigenvalue weighted by Crippen LogP contribution is -2.22. The Hall–Kier alpha value is -0.570. The van der Waals surface area contributed by atoms with Crippen molar-refractivity contribution in [3.8, 4) is 0 Å². The Kier molecular flexibility index (Phi) is 0.944. The summed E-state index contributed by atoms with van der Waals surface area (Å²) in [6.07, 6.45) is 2.50. The van der Waals surface area contributed by atoms with Crippen LogP contribution in [0.3, 0.4) is 0 Å². The van der Waals surface area contributed by atoms with Crippen LogP contribution < -0.4 is 5.73 Å². The Balaban J connectivity index is 2.15. The molecule has 0 aromatic rings. The van der Waals surface area contributed by atoms with Gasteiger partial charge in [0.25, 0.3) is 0 Å². The number of aliphatic carboxylic acids is 1. The number of rotatable bonds is 1. The van der Waals surface area contributed by atoms with Crippen LogP contribution in [-0.4, -0.2) is 17.1 Å². The molecule has 0 aromatic carbocycles. The van der Waals surface area contributed by atoms with E-state index in [2.05, 4.69) is 0 Å². The Morgan fingerprint density at radius 2 is 2.30 bits per heavy atom. The van der Waals surface area contributed by atoms with Crippen LogP contribution in [0.15, 0.2) is 0 Å². The quantitative estimate of drug-likeness (QED) is 0.548. The molecule has 2 fully saturated rings. The van der Waals surface area contributed by atoms with E-state index in [4.69, 9.17) is 10.8 Å². The van der Waals surface area contributed by atoms with Crippen LogP contribution in [0.4, 0.5) is 0 Å². The number of hydrogen-bond donors (Lipinski definition) is 2. The Bertz CT molecular complexity index is 192. The van der Waals surface area contributed by atoms with E-state index in [1.807, 2.05) is 0 Å². The molecule has 0 aromatic heterocycles. The fraction of sp³-hybridized carbons (Fsp3) is 0.857. The van der Waals surface area contributed by atoms with Crippen LogP contribution >= 0.6 is 0 Å². The first-order chi connectivity index (χ1) is 4.65. The van der Waals surface area contributed by atoms with Gasteiger partial charge in [0.1, 0.15) is 0 Å². The number of nitrogens with two attached hydrogens (primary N) is 1. The Morgan fingerprint density at radius 1 is 1.60 bits per heavy atom. The van der Waals surface area contributed by atoms with E-state index in [0.717, 1.165) is 12.8 Å². The molecule has 2 rings (SSSR count). The predicted octanol–water partition coefficient (Wildman–Crippen LogP) is 0.198. The summed E-state index contributed by atoms with van der Waals surface area (Å²) < 4.78 is 0. The van der Waals surface area contributed by atoms with E-state index in [-0.39, 0.29) is 11.5 Å². The summed E-state index contributed by atoms with van der Waals surface area (Å²) in [5.41, 5.74) is 5.24. The summed E-state index contributed by atoms with van der Waals surface area (Å²) in [5, 5.41) is 8.78. The highest BCUT2D eigenvalue weighted by molar-refractivity contribution is 5.79. The maximum Gasteiger partial charge on any atom is 0.309 e. The molecule has 0 spiro atoms. The van der Waals surface area contributed by atoms with E-state index < -0.39 is 5.97 Å². The first-order valence-corrected chi connectivity index (χ1v) is 3.64. The van der Waals surface area contributed by atoms with Crippen LogP contribution in [0.2, 0.25) is 0 Å². The SMILES string of the molecule is N[C@H]1C[C@@H]2C[C@]2(C(=O)O)C1. The average Bonchev–Trinajstić information content (AvgIpc) is 2.37. The van der Waals surface area contributed by atoms with Crippen LogP contribution in [0.25, 0.3) is 0 Å². The standard InChI is InChI=1S/C7H11NO2/c8-5-1-4-2-7(4,3-5)6(9)10/h4-5H,1-3,8H2,(H,9,10)/t4-,5+,7+/m1/s1. The van der Waals surface area contributed by atoms with E-state index in [1.54, 1.807) is 0 Å². The number of carboxylic acid groups (broad SMARTS) is 1. The third-order valence-corrected chi connectivity index (χ3v) is 2.87. The molecule has 0 radical (unpaired) electrons. The minimum absolute atomic E-state index is 0.148. The molecule has 2 saturated carbocycles. The summed E-state index contributed by atoms with van der Waals surface area (Å²) >= 11 is 0. The molecule has 0 amide bonds. The second kappa shape index (κ2) is 1.53. The Labute approximate surface area is 59.2 Å². The fourth-order valence-electron chi connectivity index (χ4n) is 2.21. The highest BCUT2D eigenvalue weighted by atomic mass is 16.4. The summed E-state index contributed by atoms with van der Waals surface area (Å²) in [6, 6.07) is 0.148. The first kappa shape index (κ1) is 6.16. The van der Waals surface area contributed by atoms with Gasteiger partial charge in [-0.3, -0.25) is 4.79 Å². The maximum absolute atomic E-state index is 10.7. The van der Waals surface area contributed by atoms with E-state index in [1.165, 1.54) is 0 Å². The van der Waals surface area contributed by atoms with Crippen molar-refractivity contribution in [1.82, 2.24) is 0 Å². The lowest BCUT2D eigenvalue weighted by molar-refractivity contribution is -0.143. The van der Waals surface area contributed by atoms with Gasteiger partial charge in [-0.25, -0.2) is 0 Å². The summed E-state index contributed by atoms with van der Waals surface area (Å²) in [4.78, 5) is 10.7. The number of carbonyl (C=O) groups is 1. The van der Waals surface area contributed by atoms with E-state index >= 15 is 0 Å². The second-order valence-corrected chi connectivity index (χ2v) is 3.56. The van der Waals surface area contributed by atoms with Crippen molar-refractivity contribution < 1.29 is 9.90 Å². The second-order valence-electron chi connectivity index (χ2n) is 3.56. The number of carboxylic acids is 1. The molecule has 3 N–H and O–H groups in total. The number of hydrogen-bond acceptors (Lipinski definition) is 2. The zero-order valence-corrected chi connectivity index (χ0v) is 5.71. The smallest absolute Gasteiger partial charge is 0.309 e. The van der Waals surface area contributed by atoms with Crippen molar-refractivity contribution in [1.29, 1.82) is 0 Å². The number of fused-ring (bicyclic) bond motifs is 1. The van der Waals surface area contributed by atoms with Gasteiger partial charge >= 0.3 is 5.97 Å². The summed E-state index contributed by atoms with van der Waals surface area (Å²) in [6.45, 7) is 0. The highest BCUT2D eigenvalue weighted by Gasteiger charge is 2.64. The molecule has 10 heavy (non-hydrogen) atoms. The molecular weight excluding hydrogens is 130 g/mol. The first-order valence-electron chi connectivity index (χ1n) is 3.64. The molecule has 56 valence electrons. The normalized spacial score (nSPS) is 50.5. The molecule has 0 saturated heterocycles. The average molecular weight is 141 g/mol. The van der Waals surface area contributed by atoms with Gasteiger partial charge in [-0.15, -0.1) is 0 Å². The van der Waals surface area contributed by atoms with Crippen molar-refractivity contribution in [2.45, 2.75) is 25.3 Å². The topological polar surface area (TPSA) is 63.3 Å². The third kappa shape index (κ3) is 0.560. The maximum atomic E-state index is 10.7. The minimum atomic E-state index is -0.634. The van der Waals surface area contributed by atoms with Gasteiger partial charge in [-0.2, -0.15) is 0 Å². The minimum Gasteiger partial charge on any atom is -0.481 e. The van der Waals surface area contributed by atoms with Gasteiger partial charge in [-0.1, -0.05) is 0 Å². The van der Waals surface area contributed by atoms with Crippen molar-refractivity contribution >= 4 is 5.97 Å². The van der Waals surface area contributed by atoms with Crippen LogP contribution in [0.1, 0.15) is 19.3 Å². The van der Waals surface area contributed by atoms with E-state index in [9.17, 15) is 4.79 Å². The zero-order valence-electron chi connectivity index (χ0n) is 5.71. The zero-order chi connectivity index (χ0) is 7.35. The third-order valence-electron chi connectivity index (χ3n) is 2.87. The molecule has 2 aliphatic rings. The van der Waals surface area contributed by atoms with Crippen molar-refractivity contribution in [2.75, 3.05) is 0 Å². The van der Waals surface area contributed by atoms with Crippen LogP contribution in [0.5, 0.6) is 0 Å². The van der Waals surface area contributed by atoms with E-state index in [0.29, 0.717) is 12.3 Å². The lowest BCUT2D eigenvalue weighted by Gasteiger charge is -2.06. The Morgan fingerprint density at radius 3 is 2.60 bits per heavy atom. The van der Waals surface area contributed by atoms with Gasteiger partial charge in [0, 0.05) is 6.04 Å². The fourth-order valence-corrected chi connectivity index (χ4v) is 2.21. The summed E-state index contributed by atoms with van der Waals surface area (Å²) in [5.74, 6) is -0.231. The molecule has 0 bridgehead atoms. The molecule has 0 heterocycles. The van der Waals surface area contributed by atoms with Gasteiger partial charge in [-0.05, 0) is 25.2 Å². The molecule has 3 heteroatoms. The molecule has 2 aliphatic carbocycles. The van der Waals surface area contributed by atoms with Crippen molar-refractivity contribution in [3.63, 3.8) is 0 Å². The van der Waals surface area contributed by atoms with Crippen LogP contribution in [0, 0.1) is 11.3 Å². The van der Waals surface area contributed by atoms with Gasteiger partial charge in [0.2, 0.25) is 0 Å². The predicted molar refractivity (Wildman–Crippen MR) is 35.4 cm³/mol. The van der Waals surface area contributed by atoms with Gasteiger partial charge in [0.05, 0.1) is 5.41 Å². The summed E-state index contributed by atoms with van der Waals surface area (Å²) in [7, 11) is 0. The lowest BCUT2D eigenvalue weighted by atomic mass is 10.0. The monoisotopic (exact) mass is 141 g/mol. The van der Waals surface area contributed by atoms with Crippen molar-refractivity contribution in [2.24, 2.45) is 17.1 Å². The highest BCUT2D eigenvalue weighted by Crippen LogP contribution is 2.63. The molecule has 3 nitrogen and oxygen atoms in total. The molecule has 0 aliphatic heterocycles. The largest absolute Gasteiger partial charge is 0.481 e.